The van der Waals surface area contributed by atoms with E-state index in [0.29, 0.717) is 12.2 Å². The van der Waals surface area contributed by atoms with Crippen LogP contribution in [0, 0.1) is 0 Å². The Morgan fingerprint density at radius 2 is 2.29 bits per heavy atom. The van der Waals surface area contributed by atoms with E-state index >= 15 is 0 Å². The van der Waals surface area contributed by atoms with Gasteiger partial charge in [0.1, 0.15) is 5.41 Å². The summed E-state index contributed by atoms with van der Waals surface area (Å²) in [6.45, 7) is 6.02. The lowest BCUT2D eigenvalue weighted by molar-refractivity contribution is -0.142. The zero-order valence-electron chi connectivity index (χ0n) is 8.69. The molecule has 1 N–H and O–H groups in total. The monoisotopic (exact) mass is 197 g/mol. The zero-order valence-corrected chi connectivity index (χ0v) is 8.69. The van der Waals surface area contributed by atoms with Crippen molar-refractivity contribution in [3.63, 3.8) is 0 Å². The van der Waals surface area contributed by atoms with Crippen molar-refractivity contribution in [3.05, 3.63) is 11.9 Å². The number of rotatable bonds is 4. The summed E-state index contributed by atoms with van der Waals surface area (Å²) in [6.07, 6.45) is 2.43. The van der Waals surface area contributed by atoms with E-state index in [1.54, 1.807) is 18.5 Å². The molecule has 0 saturated carbocycles. The lowest BCUT2D eigenvalue weighted by Crippen LogP contribution is -2.31. The zero-order chi connectivity index (χ0) is 10.8. The van der Waals surface area contributed by atoms with Gasteiger partial charge in [-0.15, -0.1) is 5.10 Å². The Hall–Kier alpha value is -1.39. The van der Waals surface area contributed by atoms with Crippen LogP contribution in [0.25, 0.3) is 0 Å². The van der Waals surface area contributed by atoms with Crippen molar-refractivity contribution < 1.29 is 9.90 Å². The molecule has 0 amide bonds. The molecule has 5 nitrogen and oxygen atoms in total. The van der Waals surface area contributed by atoms with Crippen LogP contribution in [0.4, 0.5) is 0 Å². The third-order valence-electron chi connectivity index (χ3n) is 2.23. The van der Waals surface area contributed by atoms with Crippen LogP contribution >= 0.6 is 0 Å². The van der Waals surface area contributed by atoms with Crippen LogP contribution in [0.3, 0.4) is 0 Å². The molecule has 0 spiro atoms. The molecule has 0 aromatic carbocycles. The minimum atomic E-state index is -0.932. The van der Waals surface area contributed by atoms with Gasteiger partial charge in [0, 0.05) is 6.54 Å². The predicted molar refractivity (Wildman–Crippen MR) is 51.0 cm³/mol. The highest BCUT2D eigenvalue weighted by Gasteiger charge is 2.33. The van der Waals surface area contributed by atoms with Crippen LogP contribution in [-0.2, 0) is 16.8 Å². The highest BCUT2D eigenvalue weighted by Crippen LogP contribution is 2.22. The first-order chi connectivity index (χ1) is 6.50. The van der Waals surface area contributed by atoms with Crippen molar-refractivity contribution in [2.75, 3.05) is 0 Å². The average Bonchev–Trinajstić information content (AvgIpc) is 2.53. The number of carboxylic acids is 1. The Labute approximate surface area is 82.7 Å². The first-order valence-corrected chi connectivity index (χ1v) is 4.62. The maximum atomic E-state index is 11.0. The molecule has 1 aromatic rings. The molecular weight excluding hydrogens is 182 g/mol. The number of aryl methyl sites for hydroxylation is 1. The summed E-state index contributed by atoms with van der Waals surface area (Å²) >= 11 is 0. The smallest absolute Gasteiger partial charge is 0.315 e. The quantitative estimate of drug-likeness (QED) is 0.783. The van der Waals surface area contributed by atoms with Gasteiger partial charge < -0.3 is 5.11 Å². The van der Waals surface area contributed by atoms with Gasteiger partial charge in [0.05, 0.1) is 11.9 Å². The van der Waals surface area contributed by atoms with Crippen molar-refractivity contribution in [1.82, 2.24) is 15.0 Å². The Bertz CT molecular complexity index is 331. The molecule has 1 aromatic heterocycles. The molecule has 1 heterocycles. The average molecular weight is 197 g/mol. The fourth-order valence-electron chi connectivity index (χ4n) is 1.23. The van der Waals surface area contributed by atoms with Gasteiger partial charge in [-0.25, -0.2) is 4.68 Å². The van der Waals surface area contributed by atoms with E-state index in [1.165, 1.54) is 6.20 Å². The molecule has 0 saturated heterocycles. The largest absolute Gasteiger partial charge is 0.481 e. The number of carboxylic acid groups (broad SMARTS) is 1. The summed E-state index contributed by atoms with van der Waals surface area (Å²) in [5.41, 5.74) is -0.287. The predicted octanol–water partition coefficient (Wildman–Crippen LogP) is 1.05. The van der Waals surface area contributed by atoms with Crippen molar-refractivity contribution >= 4 is 5.97 Å². The van der Waals surface area contributed by atoms with E-state index in [0.717, 1.165) is 6.42 Å². The molecule has 5 heteroatoms. The third kappa shape index (κ3) is 1.76. The SMILES string of the molecule is CCCn1nncc1C(C)(C)C(=O)O. The second kappa shape index (κ2) is 3.77. The summed E-state index contributed by atoms with van der Waals surface area (Å²) in [5, 5.41) is 16.6. The molecule has 0 aliphatic rings. The maximum Gasteiger partial charge on any atom is 0.315 e. The molecular formula is C9H15N3O2. The number of aromatic nitrogens is 3. The minimum absolute atomic E-state index is 0.645. The van der Waals surface area contributed by atoms with Gasteiger partial charge in [-0.05, 0) is 20.3 Å². The Morgan fingerprint density at radius 1 is 1.64 bits per heavy atom. The summed E-state index contributed by atoms with van der Waals surface area (Å²) < 4.78 is 1.65. The molecule has 0 radical (unpaired) electrons. The maximum absolute atomic E-state index is 11.0. The standard InChI is InChI=1S/C9H15N3O2/c1-4-5-12-7(6-10-11-12)9(2,3)8(13)14/h6H,4-5H2,1-3H3,(H,13,14). The molecule has 0 atom stereocenters. The summed E-state index contributed by atoms with van der Waals surface area (Å²) in [5.74, 6) is -0.864. The van der Waals surface area contributed by atoms with E-state index in [4.69, 9.17) is 5.11 Å². The van der Waals surface area contributed by atoms with Gasteiger partial charge in [-0.2, -0.15) is 0 Å². The van der Waals surface area contributed by atoms with Gasteiger partial charge >= 0.3 is 5.97 Å². The van der Waals surface area contributed by atoms with E-state index < -0.39 is 11.4 Å². The lowest BCUT2D eigenvalue weighted by Gasteiger charge is -2.19. The van der Waals surface area contributed by atoms with E-state index in [1.807, 2.05) is 6.92 Å². The number of aliphatic carboxylic acids is 1. The number of carbonyl (C=O) groups is 1. The number of hydrogen-bond acceptors (Lipinski definition) is 3. The fraction of sp³-hybridized carbons (Fsp3) is 0.667. The van der Waals surface area contributed by atoms with Crippen LogP contribution < -0.4 is 0 Å². The summed E-state index contributed by atoms with van der Waals surface area (Å²) in [6, 6.07) is 0. The van der Waals surface area contributed by atoms with Crippen molar-refractivity contribution in [3.8, 4) is 0 Å². The fourth-order valence-corrected chi connectivity index (χ4v) is 1.23. The summed E-state index contributed by atoms with van der Waals surface area (Å²) in [4.78, 5) is 11.0. The Balaban J connectivity index is 3.05. The topological polar surface area (TPSA) is 68.0 Å². The van der Waals surface area contributed by atoms with Gasteiger partial charge in [0.15, 0.2) is 0 Å². The van der Waals surface area contributed by atoms with E-state index in [-0.39, 0.29) is 0 Å². The van der Waals surface area contributed by atoms with Crippen LogP contribution in [0.2, 0.25) is 0 Å². The van der Waals surface area contributed by atoms with E-state index in [2.05, 4.69) is 10.3 Å². The van der Waals surface area contributed by atoms with Crippen LogP contribution in [-0.4, -0.2) is 26.1 Å². The second-order valence-electron chi connectivity index (χ2n) is 3.77. The van der Waals surface area contributed by atoms with Gasteiger partial charge in [0.25, 0.3) is 0 Å². The van der Waals surface area contributed by atoms with Crippen molar-refractivity contribution in [2.45, 2.75) is 39.2 Å². The normalized spacial score (nSPS) is 11.6. The van der Waals surface area contributed by atoms with Crippen LogP contribution in [0.5, 0.6) is 0 Å². The highest BCUT2D eigenvalue weighted by atomic mass is 16.4. The molecule has 1 rings (SSSR count). The molecule has 0 fully saturated rings. The Morgan fingerprint density at radius 3 is 2.79 bits per heavy atom. The molecule has 14 heavy (non-hydrogen) atoms. The van der Waals surface area contributed by atoms with Gasteiger partial charge in [0.2, 0.25) is 0 Å². The van der Waals surface area contributed by atoms with Crippen LogP contribution in [0.1, 0.15) is 32.9 Å². The van der Waals surface area contributed by atoms with Crippen LogP contribution in [0.15, 0.2) is 6.20 Å². The molecule has 0 aliphatic heterocycles. The molecule has 0 aliphatic carbocycles. The summed E-state index contributed by atoms with van der Waals surface area (Å²) in [7, 11) is 0. The van der Waals surface area contributed by atoms with Gasteiger partial charge in [-0.3, -0.25) is 4.79 Å². The first-order valence-electron chi connectivity index (χ1n) is 4.62. The van der Waals surface area contributed by atoms with Crippen molar-refractivity contribution in [2.24, 2.45) is 0 Å². The molecule has 78 valence electrons. The molecule has 0 bridgehead atoms. The minimum Gasteiger partial charge on any atom is -0.481 e. The number of nitrogens with zero attached hydrogens (tertiary/aromatic N) is 3. The third-order valence-corrected chi connectivity index (χ3v) is 2.23. The molecule has 0 unspecified atom stereocenters. The highest BCUT2D eigenvalue weighted by molar-refractivity contribution is 5.79. The van der Waals surface area contributed by atoms with Crippen molar-refractivity contribution in [1.29, 1.82) is 0 Å². The first kappa shape index (κ1) is 10.7. The van der Waals surface area contributed by atoms with Gasteiger partial charge in [-0.1, -0.05) is 12.1 Å². The number of hydrogen-bond donors (Lipinski definition) is 1. The van der Waals surface area contributed by atoms with E-state index in [9.17, 15) is 4.79 Å². The Kier molecular flexibility index (Phi) is 2.88. The second-order valence-corrected chi connectivity index (χ2v) is 3.77. The lowest BCUT2D eigenvalue weighted by atomic mass is 9.90.